The van der Waals surface area contributed by atoms with E-state index in [1.807, 2.05) is 0 Å². The number of nitrogens with zero attached hydrogens (tertiary/aromatic N) is 4. The first kappa shape index (κ1) is 33.6. The third-order valence-corrected chi connectivity index (χ3v) is 12.6. The van der Waals surface area contributed by atoms with Gasteiger partial charge in [-0.15, -0.1) is 0 Å². The van der Waals surface area contributed by atoms with Gasteiger partial charge >= 0.3 is 0 Å². The van der Waals surface area contributed by atoms with Gasteiger partial charge in [0.25, 0.3) is 0 Å². The van der Waals surface area contributed by atoms with Crippen LogP contribution >= 0.6 is 0 Å². The Balaban J connectivity index is 1.11. The van der Waals surface area contributed by atoms with Crippen molar-refractivity contribution in [1.29, 1.82) is 0 Å². The number of rotatable bonds is 4. The third kappa shape index (κ3) is 5.03. The van der Waals surface area contributed by atoms with Crippen molar-refractivity contribution in [3.05, 3.63) is 205 Å². The van der Waals surface area contributed by atoms with E-state index in [1.54, 1.807) is 0 Å². The van der Waals surface area contributed by atoms with E-state index in [1.165, 1.54) is 55.2 Å². The average Bonchev–Trinajstić information content (AvgIpc) is 3.63. The number of anilines is 3. The van der Waals surface area contributed by atoms with E-state index in [0.717, 1.165) is 49.7 Å². The standard InChI is InChI=1S/C55H38N4/c1-55(2)45-23-13-14-24-48(45)58(40-19-7-4-8-20-40)49-31-28-39(34-46(49)55)38-27-30-47-44(33-38)51-41-21-11-9-15-35(41)26-32-50(51)59(47)54-56-52(37-17-5-3-6-18-37)43-29-25-36-16-10-12-22-42(36)53(43)57-54/h3-34H,1-2H3. The molecule has 0 fully saturated rings. The smallest absolute Gasteiger partial charge is 0.235 e. The highest BCUT2D eigenvalue weighted by molar-refractivity contribution is 6.22. The molecular formula is C55H38N4. The van der Waals surface area contributed by atoms with Crippen molar-refractivity contribution in [1.82, 2.24) is 14.5 Å². The SMILES string of the molecule is CC1(C)c2ccccc2N(c2ccccc2)c2ccc(-c3ccc4c(c3)c3c5ccccc5ccc3n4-c3nc(-c4ccccc4)c4ccc5ccccc5c4n3)cc21. The molecule has 0 aliphatic carbocycles. The first-order chi connectivity index (χ1) is 29.0. The van der Waals surface area contributed by atoms with Gasteiger partial charge in [-0.25, -0.2) is 9.97 Å². The number of aromatic nitrogens is 3. The Morgan fingerprint density at radius 1 is 0.424 bits per heavy atom. The van der Waals surface area contributed by atoms with Crippen molar-refractivity contribution >= 4 is 71.3 Å². The summed E-state index contributed by atoms with van der Waals surface area (Å²) in [5.74, 6) is 0.658. The van der Waals surface area contributed by atoms with Gasteiger partial charge in [-0.05, 0) is 93.0 Å². The first-order valence-corrected chi connectivity index (χ1v) is 20.3. The lowest BCUT2D eigenvalue weighted by Gasteiger charge is -2.42. The minimum atomic E-state index is -0.211. The molecule has 59 heavy (non-hydrogen) atoms. The lowest BCUT2D eigenvalue weighted by Crippen LogP contribution is -2.30. The maximum atomic E-state index is 5.45. The second kappa shape index (κ2) is 12.7. The summed E-state index contributed by atoms with van der Waals surface area (Å²) in [4.78, 5) is 13.3. The van der Waals surface area contributed by atoms with Gasteiger partial charge < -0.3 is 4.90 Å². The monoisotopic (exact) mass is 754 g/mol. The minimum Gasteiger partial charge on any atom is -0.310 e. The molecule has 2 aromatic heterocycles. The predicted octanol–water partition coefficient (Wildman–Crippen LogP) is 14.5. The Morgan fingerprint density at radius 3 is 1.88 bits per heavy atom. The largest absolute Gasteiger partial charge is 0.310 e. The molecule has 4 nitrogen and oxygen atoms in total. The summed E-state index contributed by atoms with van der Waals surface area (Å²) in [5, 5.41) is 8.09. The van der Waals surface area contributed by atoms with Crippen molar-refractivity contribution in [3.8, 4) is 28.3 Å². The van der Waals surface area contributed by atoms with Gasteiger partial charge in [-0.2, -0.15) is 0 Å². The summed E-state index contributed by atoms with van der Waals surface area (Å²) < 4.78 is 2.28. The Bertz CT molecular complexity index is 3470. The third-order valence-electron chi connectivity index (χ3n) is 12.6. The highest BCUT2D eigenvalue weighted by Crippen LogP contribution is 2.52. The second-order valence-corrected chi connectivity index (χ2v) is 16.2. The van der Waals surface area contributed by atoms with Gasteiger partial charge in [0, 0.05) is 38.2 Å². The molecule has 0 N–H and O–H groups in total. The van der Waals surface area contributed by atoms with Crippen LogP contribution in [-0.2, 0) is 5.41 Å². The van der Waals surface area contributed by atoms with Crippen LogP contribution in [0.4, 0.5) is 17.1 Å². The molecule has 0 saturated heterocycles. The molecule has 4 heteroatoms. The van der Waals surface area contributed by atoms with E-state index >= 15 is 0 Å². The van der Waals surface area contributed by atoms with Crippen LogP contribution in [0.5, 0.6) is 0 Å². The van der Waals surface area contributed by atoms with Crippen molar-refractivity contribution in [3.63, 3.8) is 0 Å². The van der Waals surface area contributed by atoms with E-state index in [0.29, 0.717) is 5.95 Å². The molecule has 0 amide bonds. The number of hydrogen-bond donors (Lipinski definition) is 0. The number of fused-ring (bicyclic) bond motifs is 10. The quantitative estimate of drug-likeness (QED) is 0.168. The first-order valence-electron chi connectivity index (χ1n) is 20.3. The van der Waals surface area contributed by atoms with Crippen LogP contribution in [0, 0.1) is 0 Å². The topological polar surface area (TPSA) is 34.0 Å². The molecule has 1 aliphatic rings. The summed E-state index contributed by atoms with van der Waals surface area (Å²) >= 11 is 0. The molecule has 9 aromatic carbocycles. The molecule has 278 valence electrons. The molecule has 11 aromatic rings. The van der Waals surface area contributed by atoms with E-state index < -0.39 is 0 Å². The second-order valence-electron chi connectivity index (χ2n) is 16.2. The predicted molar refractivity (Wildman–Crippen MR) is 247 cm³/mol. The van der Waals surface area contributed by atoms with Crippen LogP contribution in [0.3, 0.4) is 0 Å². The number of hydrogen-bond acceptors (Lipinski definition) is 3. The molecule has 0 bridgehead atoms. The van der Waals surface area contributed by atoms with E-state index in [-0.39, 0.29) is 5.41 Å². The summed E-state index contributed by atoms with van der Waals surface area (Å²) in [5.41, 5.74) is 13.4. The molecule has 0 unspecified atom stereocenters. The van der Waals surface area contributed by atoms with Crippen LogP contribution in [0.1, 0.15) is 25.0 Å². The van der Waals surface area contributed by atoms with Crippen LogP contribution in [-0.4, -0.2) is 14.5 Å². The van der Waals surface area contributed by atoms with Crippen LogP contribution in [0.15, 0.2) is 194 Å². The molecule has 0 atom stereocenters. The lowest BCUT2D eigenvalue weighted by molar-refractivity contribution is 0.632. The molecule has 0 radical (unpaired) electrons. The molecular weight excluding hydrogens is 717 g/mol. The summed E-state index contributed by atoms with van der Waals surface area (Å²) in [6.45, 7) is 4.71. The minimum absolute atomic E-state index is 0.211. The van der Waals surface area contributed by atoms with Gasteiger partial charge in [0.2, 0.25) is 5.95 Å². The Morgan fingerprint density at radius 2 is 1.05 bits per heavy atom. The number of para-hydroxylation sites is 2. The van der Waals surface area contributed by atoms with Crippen LogP contribution in [0.25, 0.3) is 82.6 Å². The van der Waals surface area contributed by atoms with Gasteiger partial charge in [0.05, 0.1) is 33.6 Å². The maximum absolute atomic E-state index is 5.45. The van der Waals surface area contributed by atoms with E-state index in [4.69, 9.17) is 9.97 Å². The van der Waals surface area contributed by atoms with Gasteiger partial charge in [-0.3, -0.25) is 4.57 Å². The van der Waals surface area contributed by atoms with Crippen molar-refractivity contribution < 1.29 is 0 Å². The van der Waals surface area contributed by atoms with Crippen molar-refractivity contribution in [2.24, 2.45) is 0 Å². The maximum Gasteiger partial charge on any atom is 0.235 e. The van der Waals surface area contributed by atoms with E-state index in [2.05, 4.69) is 217 Å². The fraction of sp³-hybridized carbons (Fsp3) is 0.0545. The summed E-state index contributed by atoms with van der Waals surface area (Å²) in [6, 6.07) is 70.1. The molecule has 12 rings (SSSR count). The highest BCUT2D eigenvalue weighted by atomic mass is 15.2. The zero-order valence-electron chi connectivity index (χ0n) is 32.8. The summed E-state index contributed by atoms with van der Waals surface area (Å²) in [7, 11) is 0. The Labute approximate surface area is 342 Å². The zero-order valence-corrected chi connectivity index (χ0v) is 32.8. The Hall–Kier alpha value is -7.56. The Kier molecular flexibility index (Phi) is 7.24. The zero-order chi connectivity index (χ0) is 39.2. The van der Waals surface area contributed by atoms with Gasteiger partial charge in [0.15, 0.2) is 0 Å². The van der Waals surface area contributed by atoms with Crippen LogP contribution < -0.4 is 4.90 Å². The summed E-state index contributed by atoms with van der Waals surface area (Å²) in [6.07, 6.45) is 0. The fourth-order valence-corrected chi connectivity index (χ4v) is 9.69. The molecule has 3 heterocycles. The normalized spacial score (nSPS) is 13.4. The highest BCUT2D eigenvalue weighted by Gasteiger charge is 2.37. The molecule has 0 saturated carbocycles. The molecule has 0 spiro atoms. The van der Waals surface area contributed by atoms with Crippen LogP contribution in [0.2, 0.25) is 0 Å². The average molecular weight is 755 g/mol. The van der Waals surface area contributed by atoms with Gasteiger partial charge in [-0.1, -0.05) is 153 Å². The van der Waals surface area contributed by atoms with Crippen molar-refractivity contribution in [2.75, 3.05) is 4.90 Å². The number of benzene rings is 9. The van der Waals surface area contributed by atoms with Gasteiger partial charge in [0.1, 0.15) is 0 Å². The fourth-order valence-electron chi connectivity index (χ4n) is 9.69. The lowest BCUT2D eigenvalue weighted by atomic mass is 9.73. The van der Waals surface area contributed by atoms with Crippen molar-refractivity contribution in [2.45, 2.75) is 19.3 Å². The van der Waals surface area contributed by atoms with E-state index in [9.17, 15) is 0 Å². The molecule has 1 aliphatic heterocycles.